The first-order chi connectivity index (χ1) is 8.67. The summed E-state index contributed by atoms with van der Waals surface area (Å²) < 4.78 is 15.4. The Hall–Kier alpha value is -2.01. The second kappa shape index (κ2) is 5.10. The maximum atomic E-state index is 11.3. The predicted molar refractivity (Wildman–Crippen MR) is 64.4 cm³/mol. The number of aryl methyl sites for hydroxylation is 1. The molecule has 0 spiro atoms. The topological polar surface area (TPSA) is 64.6 Å². The summed E-state index contributed by atoms with van der Waals surface area (Å²) in [6.45, 7) is 1.88. The van der Waals surface area contributed by atoms with E-state index in [4.69, 9.17) is 8.83 Å². The zero-order valence-electron chi connectivity index (χ0n) is 10.5. The third-order valence-electron chi connectivity index (χ3n) is 2.80. The van der Waals surface area contributed by atoms with Crippen LogP contribution in [0.5, 0.6) is 0 Å². The van der Waals surface area contributed by atoms with Crippen LogP contribution in [-0.2, 0) is 4.74 Å². The van der Waals surface area contributed by atoms with Gasteiger partial charge in [0, 0.05) is 5.56 Å². The summed E-state index contributed by atoms with van der Waals surface area (Å²) in [4.78, 5) is 11.3. The average molecular weight is 249 g/mol. The van der Waals surface area contributed by atoms with Gasteiger partial charge in [0.1, 0.15) is 11.5 Å². The number of carbonyl (C=O) groups is 1. The molecule has 1 N–H and O–H groups in total. The molecule has 18 heavy (non-hydrogen) atoms. The van der Waals surface area contributed by atoms with Crippen molar-refractivity contribution in [1.29, 1.82) is 0 Å². The van der Waals surface area contributed by atoms with E-state index in [0.29, 0.717) is 5.76 Å². The molecule has 1 unspecified atom stereocenters. The third-order valence-corrected chi connectivity index (χ3v) is 2.80. The van der Waals surface area contributed by atoms with Crippen LogP contribution in [0.25, 0.3) is 0 Å². The van der Waals surface area contributed by atoms with Crippen LogP contribution >= 0.6 is 0 Å². The van der Waals surface area contributed by atoms with Gasteiger partial charge in [-0.05, 0) is 32.2 Å². The van der Waals surface area contributed by atoms with Crippen LogP contribution in [0.1, 0.15) is 33.7 Å². The van der Waals surface area contributed by atoms with E-state index < -0.39 is 5.97 Å². The first kappa shape index (κ1) is 12.4. The molecule has 2 heterocycles. The number of rotatable bonds is 4. The lowest BCUT2D eigenvalue weighted by atomic mass is 10.1. The van der Waals surface area contributed by atoms with Gasteiger partial charge in [-0.2, -0.15) is 0 Å². The summed E-state index contributed by atoms with van der Waals surface area (Å²) in [6.07, 6.45) is 1.62. The molecule has 1 atom stereocenters. The monoisotopic (exact) mass is 249 g/mol. The Morgan fingerprint density at radius 3 is 2.72 bits per heavy atom. The number of esters is 1. The van der Waals surface area contributed by atoms with Crippen molar-refractivity contribution >= 4 is 5.97 Å². The first-order valence-electron chi connectivity index (χ1n) is 5.56. The highest BCUT2D eigenvalue weighted by atomic mass is 16.5. The second-order valence-corrected chi connectivity index (χ2v) is 3.85. The fraction of sp³-hybridized carbons (Fsp3) is 0.308. The number of ether oxygens (including phenoxy) is 1. The third kappa shape index (κ3) is 2.17. The van der Waals surface area contributed by atoms with Crippen LogP contribution in [0.2, 0.25) is 0 Å². The SMILES string of the molecule is CNC(c1ccc(C(=O)OC)o1)c1ccoc1C. The molecular weight excluding hydrogens is 234 g/mol. The summed E-state index contributed by atoms with van der Waals surface area (Å²) in [5.41, 5.74) is 0.975. The van der Waals surface area contributed by atoms with Crippen molar-refractivity contribution in [2.45, 2.75) is 13.0 Å². The zero-order chi connectivity index (χ0) is 13.1. The Kier molecular flexibility index (Phi) is 3.53. The lowest BCUT2D eigenvalue weighted by Gasteiger charge is -2.12. The fourth-order valence-corrected chi connectivity index (χ4v) is 1.86. The lowest BCUT2D eigenvalue weighted by molar-refractivity contribution is 0.0562. The van der Waals surface area contributed by atoms with Crippen LogP contribution in [0.3, 0.4) is 0 Å². The van der Waals surface area contributed by atoms with Crippen LogP contribution in [0.15, 0.2) is 33.3 Å². The summed E-state index contributed by atoms with van der Waals surface area (Å²) in [7, 11) is 3.14. The number of nitrogens with one attached hydrogen (secondary N) is 1. The zero-order valence-corrected chi connectivity index (χ0v) is 10.5. The van der Waals surface area contributed by atoms with Gasteiger partial charge in [0.2, 0.25) is 5.76 Å². The van der Waals surface area contributed by atoms with Gasteiger partial charge in [-0.25, -0.2) is 4.79 Å². The van der Waals surface area contributed by atoms with Gasteiger partial charge in [-0.15, -0.1) is 0 Å². The fourth-order valence-electron chi connectivity index (χ4n) is 1.86. The van der Waals surface area contributed by atoms with Crippen molar-refractivity contribution in [1.82, 2.24) is 5.32 Å². The van der Waals surface area contributed by atoms with Crippen molar-refractivity contribution < 1.29 is 18.4 Å². The van der Waals surface area contributed by atoms with E-state index in [-0.39, 0.29) is 11.8 Å². The van der Waals surface area contributed by atoms with Crippen LogP contribution in [0.4, 0.5) is 0 Å². The van der Waals surface area contributed by atoms with Crippen molar-refractivity contribution in [3.8, 4) is 0 Å². The highest BCUT2D eigenvalue weighted by Gasteiger charge is 2.21. The van der Waals surface area contributed by atoms with Crippen LogP contribution in [-0.4, -0.2) is 20.1 Å². The molecule has 2 rings (SSSR count). The van der Waals surface area contributed by atoms with E-state index in [1.54, 1.807) is 18.4 Å². The molecule has 96 valence electrons. The summed E-state index contributed by atoms with van der Waals surface area (Å²) in [6, 6.07) is 5.07. The Labute approximate surface area is 105 Å². The lowest BCUT2D eigenvalue weighted by Crippen LogP contribution is -2.17. The molecule has 0 amide bonds. The van der Waals surface area contributed by atoms with E-state index >= 15 is 0 Å². The van der Waals surface area contributed by atoms with E-state index in [0.717, 1.165) is 11.3 Å². The summed E-state index contributed by atoms with van der Waals surface area (Å²) >= 11 is 0. The Bertz CT molecular complexity index is 541. The van der Waals surface area contributed by atoms with Crippen molar-refractivity contribution in [2.24, 2.45) is 0 Å². The van der Waals surface area contributed by atoms with Gasteiger partial charge in [-0.3, -0.25) is 0 Å². The average Bonchev–Trinajstić information content (AvgIpc) is 3.00. The molecule has 2 aromatic rings. The minimum Gasteiger partial charge on any atom is -0.469 e. The summed E-state index contributed by atoms with van der Waals surface area (Å²) in [5.74, 6) is 1.15. The summed E-state index contributed by atoms with van der Waals surface area (Å²) in [5, 5.41) is 3.13. The van der Waals surface area contributed by atoms with E-state index in [9.17, 15) is 4.79 Å². The molecule has 0 saturated heterocycles. The van der Waals surface area contributed by atoms with Crippen molar-refractivity contribution in [2.75, 3.05) is 14.2 Å². The number of methoxy groups -OCH3 is 1. The van der Waals surface area contributed by atoms with Gasteiger partial charge < -0.3 is 18.9 Å². The Morgan fingerprint density at radius 1 is 1.39 bits per heavy atom. The first-order valence-corrected chi connectivity index (χ1v) is 5.56. The number of furan rings is 2. The minimum absolute atomic E-state index is 0.151. The number of hydrogen-bond donors (Lipinski definition) is 1. The highest BCUT2D eigenvalue weighted by molar-refractivity contribution is 5.86. The molecule has 0 aromatic carbocycles. The number of hydrogen-bond acceptors (Lipinski definition) is 5. The van der Waals surface area contributed by atoms with Gasteiger partial charge in [-0.1, -0.05) is 0 Å². The maximum Gasteiger partial charge on any atom is 0.373 e. The second-order valence-electron chi connectivity index (χ2n) is 3.85. The highest BCUT2D eigenvalue weighted by Crippen LogP contribution is 2.26. The predicted octanol–water partition coefficient (Wildman–Crippen LogP) is 2.28. The Balaban J connectivity index is 2.31. The molecule has 0 saturated carbocycles. The van der Waals surface area contributed by atoms with Gasteiger partial charge in [0.25, 0.3) is 0 Å². The smallest absolute Gasteiger partial charge is 0.373 e. The van der Waals surface area contributed by atoms with E-state index in [1.807, 2.05) is 20.0 Å². The molecule has 0 aliphatic rings. The standard InChI is InChI=1S/C13H15NO4/c1-8-9(6-7-17-8)12(14-2)10-4-5-11(18-10)13(15)16-3/h4-7,12,14H,1-3H3. The molecule has 0 aliphatic heterocycles. The number of carbonyl (C=O) groups excluding carboxylic acids is 1. The normalized spacial score (nSPS) is 12.4. The maximum absolute atomic E-state index is 11.3. The molecule has 0 bridgehead atoms. The van der Waals surface area contributed by atoms with Crippen LogP contribution in [0, 0.1) is 6.92 Å². The van der Waals surface area contributed by atoms with Crippen LogP contribution < -0.4 is 5.32 Å². The van der Waals surface area contributed by atoms with E-state index in [1.165, 1.54) is 7.11 Å². The van der Waals surface area contributed by atoms with Gasteiger partial charge in [0.05, 0.1) is 19.4 Å². The molecule has 2 aromatic heterocycles. The molecule has 0 fully saturated rings. The molecule has 0 radical (unpaired) electrons. The Morgan fingerprint density at radius 2 is 2.17 bits per heavy atom. The quantitative estimate of drug-likeness (QED) is 0.842. The van der Waals surface area contributed by atoms with E-state index in [2.05, 4.69) is 10.1 Å². The van der Waals surface area contributed by atoms with Gasteiger partial charge in [0.15, 0.2) is 0 Å². The molecular formula is C13H15NO4. The van der Waals surface area contributed by atoms with Crippen molar-refractivity contribution in [3.63, 3.8) is 0 Å². The minimum atomic E-state index is -0.486. The van der Waals surface area contributed by atoms with Gasteiger partial charge >= 0.3 is 5.97 Å². The molecule has 5 heteroatoms. The molecule has 0 aliphatic carbocycles. The molecule has 5 nitrogen and oxygen atoms in total. The largest absolute Gasteiger partial charge is 0.469 e. The van der Waals surface area contributed by atoms with Crippen molar-refractivity contribution in [3.05, 3.63) is 47.3 Å².